The predicted molar refractivity (Wildman–Crippen MR) is 64.3 cm³/mol. The van der Waals surface area contributed by atoms with E-state index in [2.05, 4.69) is 10.3 Å². The summed E-state index contributed by atoms with van der Waals surface area (Å²) in [6, 6.07) is 1.97. The lowest BCUT2D eigenvalue weighted by Crippen LogP contribution is -2.16. The third kappa shape index (κ3) is 3.15. The minimum absolute atomic E-state index is 0.859. The van der Waals surface area contributed by atoms with E-state index in [0.717, 1.165) is 24.0 Å². The second-order valence-electron chi connectivity index (χ2n) is 3.48. The van der Waals surface area contributed by atoms with Gasteiger partial charge in [-0.15, -0.1) is 0 Å². The molecule has 4 nitrogen and oxygen atoms in total. The van der Waals surface area contributed by atoms with Crippen molar-refractivity contribution < 1.29 is 4.42 Å². The Bertz CT molecular complexity index is 411. The second-order valence-corrected chi connectivity index (χ2v) is 4.54. The highest BCUT2D eigenvalue weighted by molar-refractivity contribution is 7.99. The predicted octanol–water partition coefficient (Wildman–Crippen LogP) is 1.89. The molecule has 0 unspecified atom stereocenters. The molecule has 0 fully saturated rings. The van der Waals surface area contributed by atoms with E-state index >= 15 is 0 Å². The number of hydrogen-bond donors (Lipinski definition) is 1. The summed E-state index contributed by atoms with van der Waals surface area (Å²) in [5.41, 5.74) is 1.18. The van der Waals surface area contributed by atoms with Crippen LogP contribution in [0.2, 0.25) is 0 Å². The Kier molecular flexibility index (Phi) is 4.07. The molecule has 5 heteroatoms. The van der Waals surface area contributed by atoms with Crippen LogP contribution in [0.3, 0.4) is 0 Å². The van der Waals surface area contributed by atoms with Crippen molar-refractivity contribution in [1.29, 1.82) is 0 Å². The summed E-state index contributed by atoms with van der Waals surface area (Å²) >= 11 is 1.76. The first-order chi connectivity index (χ1) is 7.86. The third-order valence-electron chi connectivity index (χ3n) is 2.20. The van der Waals surface area contributed by atoms with Crippen LogP contribution in [0, 0.1) is 0 Å². The van der Waals surface area contributed by atoms with Gasteiger partial charge in [0, 0.05) is 43.8 Å². The van der Waals surface area contributed by atoms with Gasteiger partial charge in [0.1, 0.15) is 0 Å². The third-order valence-corrected chi connectivity index (χ3v) is 3.26. The maximum Gasteiger partial charge on any atom is 0.167 e. The molecule has 0 aliphatic rings. The van der Waals surface area contributed by atoms with Crippen LogP contribution < -0.4 is 5.32 Å². The summed E-state index contributed by atoms with van der Waals surface area (Å²) < 4.78 is 7.02. The zero-order chi connectivity index (χ0) is 11.2. The average molecular weight is 237 g/mol. The van der Waals surface area contributed by atoms with Crippen LogP contribution in [-0.4, -0.2) is 21.8 Å². The average Bonchev–Trinajstić information content (AvgIpc) is 2.90. The number of furan rings is 1. The largest absolute Gasteiger partial charge is 0.472 e. The topological polar surface area (TPSA) is 43.0 Å². The molecule has 2 heterocycles. The number of imidazole rings is 1. The lowest BCUT2D eigenvalue weighted by Gasteiger charge is -2.03. The molecule has 0 aliphatic carbocycles. The van der Waals surface area contributed by atoms with E-state index in [1.807, 2.05) is 30.1 Å². The van der Waals surface area contributed by atoms with Gasteiger partial charge in [0.2, 0.25) is 0 Å². The zero-order valence-electron chi connectivity index (χ0n) is 9.22. The molecule has 2 rings (SSSR count). The highest BCUT2D eigenvalue weighted by Gasteiger charge is 1.99. The maximum absolute atomic E-state index is 4.99. The first kappa shape index (κ1) is 11.3. The molecule has 1 N–H and O–H groups in total. The standard InChI is InChI=1S/C11H15N3OS/c1-14-5-3-13-11(14)16-7-4-12-8-10-2-6-15-9-10/h2-3,5-6,9,12H,4,7-8H2,1H3. The van der Waals surface area contributed by atoms with E-state index in [4.69, 9.17) is 4.42 Å². The molecule has 16 heavy (non-hydrogen) atoms. The molecule has 0 radical (unpaired) electrons. The van der Waals surface area contributed by atoms with Gasteiger partial charge in [-0.1, -0.05) is 11.8 Å². The van der Waals surface area contributed by atoms with E-state index in [1.54, 1.807) is 24.3 Å². The van der Waals surface area contributed by atoms with Crippen molar-refractivity contribution in [3.63, 3.8) is 0 Å². The molecule has 0 amide bonds. The molecule has 2 aromatic rings. The van der Waals surface area contributed by atoms with Gasteiger partial charge in [-0.3, -0.25) is 0 Å². The van der Waals surface area contributed by atoms with Crippen molar-refractivity contribution in [2.24, 2.45) is 7.05 Å². The Morgan fingerprint density at radius 3 is 3.19 bits per heavy atom. The molecule has 0 aliphatic heterocycles. The quantitative estimate of drug-likeness (QED) is 0.615. The van der Waals surface area contributed by atoms with Gasteiger partial charge in [-0.25, -0.2) is 4.98 Å². The fourth-order valence-electron chi connectivity index (χ4n) is 1.33. The van der Waals surface area contributed by atoms with Crippen molar-refractivity contribution in [2.45, 2.75) is 11.7 Å². The Morgan fingerprint density at radius 1 is 1.56 bits per heavy atom. The monoisotopic (exact) mass is 237 g/mol. The van der Waals surface area contributed by atoms with Gasteiger partial charge in [-0.2, -0.15) is 0 Å². The molecule has 0 atom stereocenters. The number of aromatic nitrogens is 2. The van der Waals surface area contributed by atoms with Gasteiger partial charge >= 0.3 is 0 Å². The van der Waals surface area contributed by atoms with Crippen LogP contribution in [0.5, 0.6) is 0 Å². The van der Waals surface area contributed by atoms with E-state index in [1.165, 1.54) is 5.56 Å². The SMILES string of the molecule is Cn1ccnc1SCCNCc1ccoc1. The number of aryl methyl sites for hydroxylation is 1. The number of nitrogens with zero attached hydrogens (tertiary/aromatic N) is 2. The summed E-state index contributed by atoms with van der Waals surface area (Å²) in [5, 5.41) is 4.41. The highest BCUT2D eigenvalue weighted by atomic mass is 32.2. The van der Waals surface area contributed by atoms with Crippen molar-refractivity contribution in [1.82, 2.24) is 14.9 Å². The van der Waals surface area contributed by atoms with Gasteiger partial charge < -0.3 is 14.3 Å². The van der Waals surface area contributed by atoms with Gasteiger partial charge in [0.25, 0.3) is 0 Å². The van der Waals surface area contributed by atoms with Crippen LogP contribution in [0.15, 0.2) is 40.6 Å². The lowest BCUT2D eigenvalue weighted by molar-refractivity contribution is 0.561. The van der Waals surface area contributed by atoms with Gasteiger partial charge in [0.05, 0.1) is 12.5 Å². The molecule has 86 valence electrons. The molecule has 0 saturated heterocycles. The zero-order valence-corrected chi connectivity index (χ0v) is 10.0. The van der Waals surface area contributed by atoms with Crippen molar-refractivity contribution in [2.75, 3.05) is 12.3 Å². The molecule has 0 bridgehead atoms. The van der Waals surface area contributed by atoms with Gasteiger partial charge in [0.15, 0.2) is 5.16 Å². The lowest BCUT2D eigenvalue weighted by atomic mass is 10.3. The van der Waals surface area contributed by atoms with Crippen LogP contribution in [0.25, 0.3) is 0 Å². The molecule has 0 spiro atoms. The van der Waals surface area contributed by atoms with Crippen molar-refractivity contribution in [3.05, 3.63) is 36.5 Å². The molecule has 0 saturated carbocycles. The van der Waals surface area contributed by atoms with Crippen LogP contribution in [0.1, 0.15) is 5.56 Å². The first-order valence-corrected chi connectivity index (χ1v) is 6.17. The Morgan fingerprint density at radius 2 is 2.50 bits per heavy atom. The van der Waals surface area contributed by atoms with Crippen molar-refractivity contribution in [3.8, 4) is 0 Å². The summed E-state index contributed by atoms with van der Waals surface area (Å²) in [5.74, 6) is 1.02. The van der Waals surface area contributed by atoms with E-state index in [0.29, 0.717) is 0 Å². The van der Waals surface area contributed by atoms with Gasteiger partial charge in [-0.05, 0) is 6.07 Å². The molecular formula is C11H15N3OS. The van der Waals surface area contributed by atoms with E-state index in [-0.39, 0.29) is 0 Å². The number of hydrogen-bond acceptors (Lipinski definition) is 4. The van der Waals surface area contributed by atoms with Crippen LogP contribution >= 0.6 is 11.8 Å². The molecule has 2 aromatic heterocycles. The number of nitrogens with one attached hydrogen (secondary N) is 1. The summed E-state index contributed by atoms with van der Waals surface area (Å²) in [7, 11) is 2.01. The second kappa shape index (κ2) is 5.77. The number of rotatable bonds is 6. The van der Waals surface area contributed by atoms with Crippen molar-refractivity contribution >= 4 is 11.8 Å². The fraction of sp³-hybridized carbons (Fsp3) is 0.364. The Hall–Kier alpha value is -1.20. The van der Waals surface area contributed by atoms with Crippen LogP contribution in [-0.2, 0) is 13.6 Å². The van der Waals surface area contributed by atoms with E-state index < -0.39 is 0 Å². The van der Waals surface area contributed by atoms with Crippen LogP contribution in [0.4, 0.5) is 0 Å². The summed E-state index contributed by atoms with van der Waals surface area (Å²) in [6.45, 7) is 1.82. The summed E-state index contributed by atoms with van der Waals surface area (Å²) in [6.07, 6.45) is 7.24. The fourth-order valence-corrected chi connectivity index (χ4v) is 2.16. The Balaban J connectivity index is 1.61. The number of thioether (sulfide) groups is 1. The van der Waals surface area contributed by atoms with E-state index in [9.17, 15) is 0 Å². The maximum atomic E-state index is 4.99. The smallest absolute Gasteiger partial charge is 0.167 e. The normalized spacial score (nSPS) is 10.8. The Labute approximate surface area is 99.1 Å². The minimum atomic E-state index is 0.859. The molecular weight excluding hydrogens is 222 g/mol. The highest BCUT2D eigenvalue weighted by Crippen LogP contribution is 2.13. The minimum Gasteiger partial charge on any atom is -0.472 e. The first-order valence-electron chi connectivity index (χ1n) is 5.18. The molecule has 0 aromatic carbocycles. The summed E-state index contributed by atoms with van der Waals surface area (Å²) in [4.78, 5) is 4.25.